The molecule has 170 valence electrons. The lowest BCUT2D eigenvalue weighted by Crippen LogP contribution is -2.28. The van der Waals surface area contributed by atoms with Gasteiger partial charge in [0.2, 0.25) is 5.91 Å². The summed E-state index contributed by atoms with van der Waals surface area (Å²) in [5.74, 6) is -1.01. The summed E-state index contributed by atoms with van der Waals surface area (Å²) in [4.78, 5) is 38.7. The van der Waals surface area contributed by atoms with E-state index in [9.17, 15) is 14.4 Å². The molecule has 0 unspecified atom stereocenters. The summed E-state index contributed by atoms with van der Waals surface area (Å²) in [5, 5.41) is 3.15. The Bertz CT molecular complexity index is 1060. The summed E-state index contributed by atoms with van der Waals surface area (Å²) in [7, 11) is 3.02. The number of nitrogens with zero attached hydrogens (tertiary/aromatic N) is 1. The molecule has 8 nitrogen and oxygen atoms in total. The van der Waals surface area contributed by atoms with Crippen molar-refractivity contribution in [3.05, 3.63) is 45.4 Å². The quantitative estimate of drug-likeness (QED) is 0.550. The Kier molecular flexibility index (Phi) is 7.63. The Hall–Kier alpha value is -2.78. The fourth-order valence-electron chi connectivity index (χ4n) is 3.33. The number of nitrogens with one attached hydrogen (secondary N) is 1. The van der Waals surface area contributed by atoms with Gasteiger partial charge in [0.05, 0.1) is 30.8 Å². The molecule has 0 bridgehead atoms. The average molecular weight is 526 g/mol. The lowest BCUT2D eigenvalue weighted by Gasteiger charge is -2.20. The Morgan fingerprint density at radius 1 is 1.22 bits per heavy atom. The third-order valence-electron chi connectivity index (χ3n) is 5.09. The molecule has 1 saturated heterocycles. The van der Waals surface area contributed by atoms with Crippen LogP contribution in [0.3, 0.4) is 0 Å². The van der Waals surface area contributed by atoms with E-state index >= 15 is 0 Å². The van der Waals surface area contributed by atoms with Gasteiger partial charge < -0.3 is 24.4 Å². The highest BCUT2D eigenvalue weighted by molar-refractivity contribution is 9.10. The van der Waals surface area contributed by atoms with Gasteiger partial charge in [0.15, 0.2) is 6.61 Å². The van der Waals surface area contributed by atoms with Gasteiger partial charge >= 0.3 is 5.97 Å². The normalized spacial score (nSPS) is 15.5. The molecule has 32 heavy (non-hydrogen) atoms. The maximum absolute atomic E-state index is 12.5. The Labute approximate surface area is 198 Å². The highest BCUT2D eigenvalue weighted by Crippen LogP contribution is 2.36. The number of amides is 2. The van der Waals surface area contributed by atoms with Crippen LogP contribution in [0, 0.1) is 12.8 Å². The smallest absolute Gasteiger partial charge is 0.311 e. The van der Waals surface area contributed by atoms with E-state index in [0.29, 0.717) is 37.9 Å². The number of anilines is 2. The average Bonchev–Trinajstić information content (AvgIpc) is 3.18. The number of methoxy groups -OCH3 is 2. The summed E-state index contributed by atoms with van der Waals surface area (Å²) in [6, 6.07) is 8.47. The monoisotopic (exact) mass is 524 g/mol. The fraction of sp³-hybridized carbons (Fsp3) is 0.318. The van der Waals surface area contributed by atoms with Crippen LogP contribution in [0.25, 0.3) is 0 Å². The van der Waals surface area contributed by atoms with Gasteiger partial charge in [-0.1, -0.05) is 11.6 Å². The molecule has 2 aromatic carbocycles. The fourth-order valence-corrected chi connectivity index (χ4v) is 3.93. The van der Waals surface area contributed by atoms with Crippen molar-refractivity contribution in [3.8, 4) is 11.5 Å². The second-order valence-corrected chi connectivity index (χ2v) is 8.37. The van der Waals surface area contributed by atoms with E-state index in [0.717, 1.165) is 0 Å². The first kappa shape index (κ1) is 23.9. The SMILES string of the molecule is COc1ccc(N2C[C@@H](C(=O)OCC(=O)Nc3ccc(Br)c(Cl)c3C)CC2=O)c(OC)c1. The number of carbonyl (C=O) groups is 3. The molecule has 1 heterocycles. The van der Waals surface area contributed by atoms with Gasteiger partial charge in [-0.3, -0.25) is 14.4 Å². The third-order valence-corrected chi connectivity index (χ3v) is 6.47. The standard InChI is InChI=1S/C22H22BrClN2O6/c1-12-16(6-5-15(23)21(12)24)25-19(27)11-32-22(29)13-8-20(28)26(10-13)17-7-4-14(30-2)9-18(17)31-3/h4-7,9,13H,8,10-11H2,1-3H3,(H,25,27)/t13-/m0/s1. The molecule has 0 spiro atoms. The minimum atomic E-state index is -0.689. The van der Waals surface area contributed by atoms with Gasteiger partial charge in [-0.2, -0.15) is 0 Å². The highest BCUT2D eigenvalue weighted by Gasteiger charge is 2.37. The van der Waals surface area contributed by atoms with Crippen LogP contribution in [0.1, 0.15) is 12.0 Å². The van der Waals surface area contributed by atoms with Crippen molar-refractivity contribution in [2.45, 2.75) is 13.3 Å². The Morgan fingerprint density at radius 3 is 2.66 bits per heavy atom. The van der Waals surface area contributed by atoms with Crippen molar-refractivity contribution in [1.29, 1.82) is 0 Å². The molecule has 1 fully saturated rings. The lowest BCUT2D eigenvalue weighted by molar-refractivity contribution is -0.151. The van der Waals surface area contributed by atoms with Gasteiger partial charge in [0.1, 0.15) is 11.5 Å². The van der Waals surface area contributed by atoms with Gasteiger partial charge in [-0.05, 0) is 52.7 Å². The van der Waals surface area contributed by atoms with E-state index in [1.807, 2.05) is 0 Å². The second kappa shape index (κ2) is 10.2. The number of rotatable bonds is 7. The zero-order chi connectivity index (χ0) is 23.4. The van der Waals surface area contributed by atoms with Crippen molar-refractivity contribution in [2.75, 3.05) is 37.6 Å². The molecule has 2 amide bonds. The summed E-state index contributed by atoms with van der Waals surface area (Å²) >= 11 is 9.48. The van der Waals surface area contributed by atoms with Crippen LogP contribution in [0.2, 0.25) is 5.02 Å². The molecule has 1 atom stereocenters. The van der Waals surface area contributed by atoms with E-state index in [1.54, 1.807) is 37.3 Å². The summed E-state index contributed by atoms with van der Waals surface area (Å²) in [6.45, 7) is 1.42. The topological polar surface area (TPSA) is 94.2 Å². The molecule has 1 N–H and O–H groups in total. The number of esters is 1. The number of hydrogen-bond acceptors (Lipinski definition) is 6. The maximum Gasteiger partial charge on any atom is 0.311 e. The van der Waals surface area contributed by atoms with Crippen LogP contribution in [0.5, 0.6) is 11.5 Å². The van der Waals surface area contributed by atoms with E-state index < -0.39 is 24.4 Å². The number of carbonyl (C=O) groups excluding carboxylic acids is 3. The van der Waals surface area contributed by atoms with Crippen LogP contribution < -0.4 is 19.7 Å². The van der Waals surface area contributed by atoms with E-state index in [2.05, 4.69) is 21.2 Å². The van der Waals surface area contributed by atoms with Gasteiger partial charge in [0.25, 0.3) is 5.91 Å². The molecule has 0 saturated carbocycles. The molecule has 0 aromatic heterocycles. The molecule has 3 rings (SSSR count). The highest BCUT2D eigenvalue weighted by atomic mass is 79.9. The molecule has 0 radical (unpaired) electrons. The summed E-state index contributed by atoms with van der Waals surface area (Å²) in [5.41, 5.74) is 1.74. The van der Waals surface area contributed by atoms with E-state index in [4.69, 9.17) is 25.8 Å². The number of hydrogen-bond donors (Lipinski definition) is 1. The predicted molar refractivity (Wildman–Crippen MR) is 123 cm³/mol. The number of ether oxygens (including phenoxy) is 3. The Morgan fingerprint density at radius 2 is 1.97 bits per heavy atom. The van der Waals surface area contributed by atoms with Crippen LogP contribution in [-0.2, 0) is 19.1 Å². The first-order valence-corrected chi connectivity index (χ1v) is 10.9. The zero-order valence-electron chi connectivity index (χ0n) is 17.7. The number of halogens is 2. The first-order chi connectivity index (χ1) is 15.2. The first-order valence-electron chi connectivity index (χ1n) is 9.68. The maximum atomic E-state index is 12.5. The predicted octanol–water partition coefficient (Wildman–Crippen LogP) is 3.96. The number of benzene rings is 2. The van der Waals surface area contributed by atoms with Crippen molar-refractivity contribution in [2.24, 2.45) is 5.92 Å². The minimum absolute atomic E-state index is 0.0168. The molecule has 2 aromatic rings. The molecule has 1 aliphatic heterocycles. The zero-order valence-corrected chi connectivity index (χ0v) is 20.1. The third kappa shape index (κ3) is 5.16. The molecular formula is C22H22BrClN2O6. The van der Waals surface area contributed by atoms with Crippen LogP contribution >= 0.6 is 27.5 Å². The lowest BCUT2D eigenvalue weighted by atomic mass is 10.1. The minimum Gasteiger partial charge on any atom is -0.497 e. The summed E-state index contributed by atoms with van der Waals surface area (Å²) in [6.07, 6.45) is -0.0168. The van der Waals surface area contributed by atoms with Crippen molar-refractivity contribution >= 4 is 56.7 Å². The van der Waals surface area contributed by atoms with Gasteiger partial charge in [-0.15, -0.1) is 0 Å². The Balaban J connectivity index is 1.59. The molecule has 1 aliphatic rings. The molecule has 0 aliphatic carbocycles. The summed E-state index contributed by atoms with van der Waals surface area (Å²) < 4.78 is 16.4. The second-order valence-electron chi connectivity index (χ2n) is 7.13. The largest absolute Gasteiger partial charge is 0.497 e. The van der Waals surface area contributed by atoms with E-state index in [-0.39, 0.29) is 18.9 Å². The van der Waals surface area contributed by atoms with Gasteiger partial charge in [0, 0.05) is 29.2 Å². The van der Waals surface area contributed by atoms with Crippen LogP contribution in [-0.4, -0.2) is 45.2 Å². The van der Waals surface area contributed by atoms with Crippen molar-refractivity contribution < 1.29 is 28.6 Å². The van der Waals surface area contributed by atoms with Crippen LogP contribution in [0.4, 0.5) is 11.4 Å². The van der Waals surface area contributed by atoms with Crippen molar-refractivity contribution in [1.82, 2.24) is 0 Å². The van der Waals surface area contributed by atoms with Crippen molar-refractivity contribution in [3.63, 3.8) is 0 Å². The van der Waals surface area contributed by atoms with Gasteiger partial charge in [-0.25, -0.2) is 0 Å². The molecule has 10 heteroatoms. The van der Waals surface area contributed by atoms with Crippen LogP contribution in [0.15, 0.2) is 34.8 Å². The molecular weight excluding hydrogens is 504 g/mol. The van der Waals surface area contributed by atoms with E-state index in [1.165, 1.54) is 19.1 Å².